The third-order valence-corrected chi connectivity index (χ3v) is 7.85. The van der Waals surface area contributed by atoms with Crippen LogP contribution in [0.3, 0.4) is 0 Å². The molecular formula is C29H33NO5S. The van der Waals surface area contributed by atoms with E-state index in [9.17, 15) is 23.6 Å². The van der Waals surface area contributed by atoms with Gasteiger partial charge in [0.25, 0.3) is 5.69 Å². The van der Waals surface area contributed by atoms with Crippen LogP contribution in [0, 0.1) is 17.0 Å². The van der Waals surface area contributed by atoms with Crippen LogP contribution >= 0.6 is 0 Å². The molecule has 0 saturated carbocycles. The van der Waals surface area contributed by atoms with Gasteiger partial charge in [-0.3, -0.25) is 10.1 Å². The number of rotatable bonds is 5. The van der Waals surface area contributed by atoms with E-state index in [1.54, 1.807) is 42.5 Å². The zero-order chi connectivity index (χ0) is 27.1. The first-order chi connectivity index (χ1) is 16.5. The molecule has 1 N–H and O–H groups in total. The van der Waals surface area contributed by atoms with Gasteiger partial charge in [-0.1, -0.05) is 59.2 Å². The predicted octanol–water partition coefficient (Wildman–Crippen LogP) is 7.18. The number of benzene rings is 3. The van der Waals surface area contributed by atoms with Gasteiger partial charge in [0.1, 0.15) is 5.75 Å². The summed E-state index contributed by atoms with van der Waals surface area (Å²) in [5.74, 6) is 0.199. The molecule has 0 aliphatic heterocycles. The number of hydrogen-bond acceptors (Lipinski definition) is 5. The summed E-state index contributed by atoms with van der Waals surface area (Å²) in [5, 5.41) is 22.2. The van der Waals surface area contributed by atoms with E-state index in [-0.39, 0.29) is 21.2 Å². The van der Waals surface area contributed by atoms with Gasteiger partial charge in [0, 0.05) is 23.3 Å². The van der Waals surface area contributed by atoms with Crippen LogP contribution in [0.15, 0.2) is 65.6 Å². The molecule has 0 aromatic heterocycles. The van der Waals surface area contributed by atoms with E-state index >= 15 is 0 Å². The van der Waals surface area contributed by atoms with Crippen molar-refractivity contribution in [2.24, 2.45) is 0 Å². The number of nitro groups is 1. The Kier molecular flexibility index (Phi) is 7.19. The maximum absolute atomic E-state index is 13.8. The number of nitro benzene ring substituents is 1. The zero-order valence-electron chi connectivity index (χ0n) is 21.8. The minimum atomic E-state index is -3.98. The first-order valence-electron chi connectivity index (χ1n) is 11.7. The third kappa shape index (κ3) is 5.68. The Labute approximate surface area is 213 Å². The fraction of sp³-hybridized carbons (Fsp3) is 0.310. The van der Waals surface area contributed by atoms with Crippen LogP contribution in [0.4, 0.5) is 5.69 Å². The Morgan fingerprint density at radius 1 is 0.861 bits per heavy atom. The van der Waals surface area contributed by atoms with Crippen LogP contribution in [0.1, 0.15) is 69.4 Å². The maximum atomic E-state index is 13.8. The first kappa shape index (κ1) is 27.1. The lowest BCUT2D eigenvalue weighted by Crippen LogP contribution is -2.17. The van der Waals surface area contributed by atoms with Gasteiger partial charge in [0.2, 0.25) is 9.84 Å². The number of phenolic OH excluding ortho intramolecular Hbond substituents is 1. The van der Waals surface area contributed by atoms with Crippen LogP contribution in [0.25, 0.3) is 11.0 Å². The highest BCUT2D eigenvalue weighted by Crippen LogP contribution is 2.41. The summed E-state index contributed by atoms with van der Waals surface area (Å²) in [6, 6.07) is 15.7. The molecular weight excluding hydrogens is 474 g/mol. The average molecular weight is 508 g/mol. The summed E-state index contributed by atoms with van der Waals surface area (Å²) in [6.07, 6.45) is 1.58. The molecule has 3 aromatic carbocycles. The van der Waals surface area contributed by atoms with Gasteiger partial charge in [0.15, 0.2) is 0 Å². The fourth-order valence-electron chi connectivity index (χ4n) is 3.94. The highest BCUT2D eigenvalue weighted by molar-refractivity contribution is 8.00. The van der Waals surface area contributed by atoms with Crippen LogP contribution in [0.2, 0.25) is 0 Å². The fourth-order valence-corrected chi connectivity index (χ4v) is 5.43. The summed E-state index contributed by atoms with van der Waals surface area (Å²) in [7, 11) is -3.98. The molecule has 190 valence electrons. The predicted molar refractivity (Wildman–Crippen MR) is 145 cm³/mol. The van der Waals surface area contributed by atoms with Gasteiger partial charge < -0.3 is 5.11 Å². The van der Waals surface area contributed by atoms with E-state index in [1.807, 2.05) is 48.5 Å². The number of sulfone groups is 1. The van der Waals surface area contributed by atoms with Gasteiger partial charge in [-0.25, -0.2) is 8.42 Å². The number of phenols is 1. The van der Waals surface area contributed by atoms with E-state index < -0.39 is 25.6 Å². The highest BCUT2D eigenvalue weighted by atomic mass is 32.2. The van der Waals surface area contributed by atoms with Gasteiger partial charge in [-0.05, 0) is 71.4 Å². The molecule has 0 fully saturated rings. The minimum absolute atomic E-state index is 0.0201. The van der Waals surface area contributed by atoms with Crippen molar-refractivity contribution in [3.05, 3.63) is 98.6 Å². The molecule has 0 amide bonds. The summed E-state index contributed by atoms with van der Waals surface area (Å²) >= 11 is 0. The SMILES string of the molecule is Cc1ccc(S(=O)(=O)/C(=C/c2cc(C(C)(C)C)c(O)c(C(C)(C)C)c2)c2ccc([N+](=O)[O-])cc2)cc1. The molecule has 0 bridgehead atoms. The van der Waals surface area contributed by atoms with Crippen molar-refractivity contribution >= 4 is 26.5 Å². The quantitative estimate of drug-likeness (QED) is 0.224. The third-order valence-electron chi connectivity index (χ3n) is 6.03. The minimum Gasteiger partial charge on any atom is -0.507 e. The Balaban J connectivity index is 2.35. The molecule has 7 heteroatoms. The second-order valence-corrected chi connectivity index (χ2v) is 13.0. The Hall–Kier alpha value is -3.45. The first-order valence-corrected chi connectivity index (χ1v) is 13.2. The number of aryl methyl sites for hydroxylation is 1. The van der Waals surface area contributed by atoms with Crippen molar-refractivity contribution in [1.82, 2.24) is 0 Å². The summed E-state index contributed by atoms with van der Waals surface area (Å²) in [4.78, 5) is 10.8. The van der Waals surface area contributed by atoms with Crippen molar-refractivity contribution in [2.45, 2.75) is 64.2 Å². The molecule has 0 saturated heterocycles. The molecule has 3 rings (SSSR count). The smallest absolute Gasteiger partial charge is 0.269 e. The Morgan fingerprint density at radius 3 is 1.75 bits per heavy atom. The topological polar surface area (TPSA) is 97.5 Å². The van der Waals surface area contributed by atoms with Crippen molar-refractivity contribution in [2.75, 3.05) is 0 Å². The molecule has 0 unspecified atom stereocenters. The van der Waals surface area contributed by atoms with Crippen molar-refractivity contribution in [3.8, 4) is 5.75 Å². The van der Waals surface area contributed by atoms with Gasteiger partial charge in [0.05, 0.1) is 14.7 Å². The van der Waals surface area contributed by atoms with Crippen molar-refractivity contribution in [3.63, 3.8) is 0 Å². The van der Waals surface area contributed by atoms with E-state index in [0.717, 1.165) is 5.56 Å². The normalized spacial score (nSPS) is 13.0. The average Bonchev–Trinajstić information content (AvgIpc) is 2.77. The lowest BCUT2D eigenvalue weighted by molar-refractivity contribution is -0.384. The number of hydrogen-bond donors (Lipinski definition) is 1. The number of nitrogens with zero attached hydrogens (tertiary/aromatic N) is 1. The lowest BCUT2D eigenvalue weighted by Gasteiger charge is -2.28. The lowest BCUT2D eigenvalue weighted by atomic mass is 9.78. The van der Waals surface area contributed by atoms with E-state index in [1.165, 1.54) is 24.3 Å². The molecule has 6 nitrogen and oxygen atoms in total. The van der Waals surface area contributed by atoms with Gasteiger partial charge in [-0.2, -0.15) is 0 Å². The van der Waals surface area contributed by atoms with Crippen molar-refractivity contribution in [1.29, 1.82) is 0 Å². The standard InChI is InChI=1S/C29H33NO5S/c1-19-8-14-23(15-9-19)36(34,35)26(21-10-12-22(13-11-21)30(32)33)18-20-16-24(28(2,3)4)27(31)25(17-20)29(5,6)7/h8-18,31H,1-7H3/b26-18+. The molecule has 0 radical (unpaired) electrons. The van der Waals surface area contributed by atoms with Crippen molar-refractivity contribution < 1.29 is 18.4 Å². The maximum Gasteiger partial charge on any atom is 0.269 e. The van der Waals surface area contributed by atoms with Crippen LogP contribution in [0.5, 0.6) is 5.75 Å². The Bertz CT molecular complexity index is 1390. The molecule has 0 heterocycles. The molecule has 36 heavy (non-hydrogen) atoms. The number of non-ortho nitro benzene ring substituents is 1. The van der Waals surface area contributed by atoms with E-state index in [4.69, 9.17) is 0 Å². The highest BCUT2D eigenvalue weighted by Gasteiger charge is 2.28. The molecule has 0 spiro atoms. The van der Waals surface area contributed by atoms with Crippen LogP contribution in [-0.4, -0.2) is 18.4 Å². The number of aromatic hydroxyl groups is 1. The zero-order valence-corrected chi connectivity index (χ0v) is 22.6. The molecule has 0 atom stereocenters. The molecule has 0 aliphatic rings. The molecule has 3 aromatic rings. The second-order valence-electron chi connectivity index (χ2n) is 11.1. The summed E-state index contributed by atoms with van der Waals surface area (Å²) in [5.41, 5.74) is 2.39. The van der Waals surface area contributed by atoms with Crippen LogP contribution < -0.4 is 0 Å². The Morgan fingerprint density at radius 2 is 1.33 bits per heavy atom. The van der Waals surface area contributed by atoms with Crippen LogP contribution in [-0.2, 0) is 20.7 Å². The summed E-state index contributed by atoms with van der Waals surface area (Å²) in [6.45, 7) is 13.8. The monoisotopic (exact) mass is 507 g/mol. The second kappa shape index (κ2) is 9.54. The van der Waals surface area contributed by atoms with Gasteiger partial charge >= 0.3 is 0 Å². The van der Waals surface area contributed by atoms with E-state index in [0.29, 0.717) is 22.3 Å². The largest absolute Gasteiger partial charge is 0.507 e. The summed E-state index contributed by atoms with van der Waals surface area (Å²) < 4.78 is 27.7. The molecule has 0 aliphatic carbocycles. The van der Waals surface area contributed by atoms with E-state index in [2.05, 4.69) is 0 Å². The van der Waals surface area contributed by atoms with Gasteiger partial charge in [-0.15, -0.1) is 0 Å².